The van der Waals surface area contributed by atoms with Gasteiger partial charge in [-0.05, 0) is 32.1 Å². The van der Waals surface area contributed by atoms with Crippen LogP contribution in [-0.4, -0.2) is 46.9 Å². The van der Waals surface area contributed by atoms with Crippen LogP contribution >= 0.6 is 11.8 Å². The number of carbonyl (C=O) groups is 1. The number of thioether (sulfide) groups is 1. The first-order valence-corrected chi connectivity index (χ1v) is 7.95. The lowest BCUT2D eigenvalue weighted by Gasteiger charge is -2.21. The number of pyridine rings is 1. The van der Waals surface area contributed by atoms with Crippen LogP contribution < -0.4 is 5.32 Å². The van der Waals surface area contributed by atoms with Crippen LogP contribution in [0.3, 0.4) is 0 Å². The largest absolute Gasteiger partial charge is 0.385 e. The van der Waals surface area contributed by atoms with Crippen LogP contribution in [-0.2, 0) is 0 Å². The SMILES string of the molecule is CCNc1cc(C)ncc1C(=O)N1CCCSCC1. The summed E-state index contributed by atoms with van der Waals surface area (Å²) in [4.78, 5) is 18.8. The highest BCUT2D eigenvalue weighted by Gasteiger charge is 2.20. The Morgan fingerprint density at radius 3 is 3.11 bits per heavy atom. The fourth-order valence-electron chi connectivity index (χ4n) is 2.19. The molecule has 1 aliphatic rings. The van der Waals surface area contributed by atoms with Crippen LogP contribution in [0.2, 0.25) is 0 Å². The molecule has 0 bridgehead atoms. The zero-order valence-electron chi connectivity index (χ0n) is 11.6. The Morgan fingerprint density at radius 1 is 1.47 bits per heavy atom. The van der Waals surface area contributed by atoms with Crippen molar-refractivity contribution in [3.05, 3.63) is 23.5 Å². The van der Waals surface area contributed by atoms with Crippen molar-refractivity contribution >= 4 is 23.4 Å². The molecule has 0 aromatic carbocycles. The van der Waals surface area contributed by atoms with E-state index in [-0.39, 0.29) is 5.91 Å². The smallest absolute Gasteiger partial charge is 0.257 e. The van der Waals surface area contributed by atoms with Gasteiger partial charge in [0.05, 0.1) is 11.3 Å². The minimum absolute atomic E-state index is 0.103. The number of amides is 1. The van der Waals surface area contributed by atoms with Gasteiger partial charge in [0.1, 0.15) is 0 Å². The molecule has 0 atom stereocenters. The van der Waals surface area contributed by atoms with Gasteiger partial charge in [0.25, 0.3) is 5.91 Å². The number of hydrogen-bond acceptors (Lipinski definition) is 4. The highest BCUT2D eigenvalue weighted by atomic mass is 32.2. The van der Waals surface area contributed by atoms with E-state index in [9.17, 15) is 4.79 Å². The summed E-state index contributed by atoms with van der Waals surface area (Å²) < 4.78 is 0. The highest BCUT2D eigenvalue weighted by Crippen LogP contribution is 2.19. The van der Waals surface area contributed by atoms with Gasteiger partial charge >= 0.3 is 0 Å². The Balaban J connectivity index is 2.21. The fraction of sp³-hybridized carbons (Fsp3) is 0.571. The van der Waals surface area contributed by atoms with Crippen LogP contribution in [0.25, 0.3) is 0 Å². The summed E-state index contributed by atoms with van der Waals surface area (Å²) >= 11 is 1.92. The van der Waals surface area contributed by atoms with Crippen molar-refractivity contribution in [2.24, 2.45) is 0 Å². The summed E-state index contributed by atoms with van der Waals surface area (Å²) in [5, 5.41) is 3.26. The Bertz CT molecular complexity index is 442. The minimum atomic E-state index is 0.103. The van der Waals surface area contributed by atoms with Crippen molar-refractivity contribution < 1.29 is 4.79 Å². The molecule has 0 radical (unpaired) electrons. The van der Waals surface area contributed by atoms with Gasteiger partial charge in [0.2, 0.25) is 0 Å². The lowest BCUT2D eigenvalue weighted by Crippen LogP contribution is -2.33. The number of carbonyl (C=O) groups excluding carboxylic acids is 1. The normalized spacial score (nSPS) is 16.0. The molecule has 0 aliphatic carbocycles. The zero-order chi connectivity index (χ0) is 13.7. The van der Waals surface area contributed by atoms with Gasteiger partial charge in [0, 0.05) is 37.3 Å². The molecule has 0 unspecified atom stereocenters. The first kappa shape index (κ1) is 14.2. The molecule has 1 saturated heterocycles. The monoisotopic (exact) mass is 279 g/mol. The lowest BCUT2D eigenvalue weighted by atomic mass is 10.1. The molecule has 19 heavy (non-hydrogen) atoms. The molecule has 1 amide bonds. The zero-order valence-corrected chi connectivity index (χ0v) is 12.4. The molecular formula is C14H21N3OS. The average molecular weight is 279 g/mol. The van der Waals surface area contributed by atoms with Gasteiger partial charge in [-0.15, -0.1) is 0 Å². The number of nitrogens with zero attached hydrogens (tertiary/aromatic N) is 2. The first-order chi connectivity index (χ1) is 9.22. The predicted molar refractivity (Wildman–Crippen MR) is 81.0 cm³/mol. The number of rotatable bonds is 3. The van der Waals surface area contributed by atoms with Gasteiger partial charge in [-0.25, -0.2) is 0 Å². The number of hydrogen-bond donors (Lipinski definition) is 1. The van der Waals surface area contributed by atoms with Crippen LogP contribution in [0.4, 0.5) is 5.69 Å². The molecule has 1 aliphatic heterocycles. The van der Waals surface area contributed by atoms with E-state index in [1.807, 2.05) is 36.6 Å². The summed E-state index contributed by atoms with van der Waals surface area (Å²) in [6.45, 7) is 6.47. The van der Waals surface area contributed by atoms with Crippen molar-refractivity contribution in [1.82, 2.24) is 9.88 Å². The second kappa shape index (κ2) is 6.80. The van der Waals surface area contributed by atoms with Gasteiger partial charge in [-0.3, -0.25) is 9.78 Å². The second-order valence-corrected chi connectivity index (χ2v) is 5.88. The summed E-state index contributed by atoms with van der Waals surface area (Å²) in [5.74, 6) is 2.28. The molecule has 2 heterocycles. The van der Waals surface area contributed by atoms with Crippen molar-refractivity contribution in [3.8, 4) is 0 Å². The molecule has 2 rings (SSSR count). The molecule has 1 aromatic heterocycles. The summed E-state index contributed by atoms with van der Waals surface area (Å²) in [7, 11) is 0. The maximum Gasteiger partial charge on any atom is 0.257 e. The number of anilines is 1. The molecule has 0 saturated carbocycles. The van der Waals surface area contributed by atoms with Crippen molar-refractivity contribution in [2.45, 2.75) is 20.3 Å². The Hall–Kier alpha value is -1.23. The van der Waals surface area contributed by atoms with Gasteiger partial charge in [-0.2, -0.15) is 11.8 Å². The molecular weight excluding hydrogens is 258 g/mol. The van der Waals surface area contributed by atoms with Crippen LogP contribution in [0.15, 0.2) is 12.3 Å². The minimum Gasteiger partial charge on any atom is -0.385 e. The summed E-state index contributed by atoms with van der Waals surface area (Å²) in [6.07, 6.45) is 2.78. The van der Waals surface area contributed by atoms with E-state index in [0.717, 1.165) is 48.9 Å². The van der Waals surface area contributed by atoms with Crippen LogP contribution in [0.1, 0.15) is 29.4 Å². The van der Waals surface area contributed by atoms with E-state index in [1.165, 1.54) is 0 Å². The summed E-state index contributed by atoms with van der Waals surface area (Å²) in [6, 6.07) is 1.95. The predicted octanol–water partition coefficient (Wildman–Crippen LogP) is 2.40. The maximum absolute atomic E-state index is 12.6. The van der Waals surface area contributed by atoms with Gasteiger partial charge in [-0.1, -0.05) is 0 Å². The number of nitrogens with one attached hydrogen (secondary N) is 1. The number of aryl methyl sites for hydroxylation is 1. The Labute approximate surface area is 119 Å². The summed E-state index contributed by atoms with van der Waals surface area (Å²) in [5.41, 5.74) is 2.52. The van der Waals surface area contributed by atoms with Crippen molar-refractivity contribution in [3.63, 3.8) is 0 Å². The molecule has 1 fully saturated rings. The third-order valence-electron chi connectivity index (χ3n) is 3.15. The molecule has 5 heteroatoms. The van der Waals surface area contributed by atoms with E-state index in [4.69, 9.17) is 0 Å². The third-order valence-corrected chi connectivity index (χ3v) is 4.20. The van der Waals surface area contributed by atoms with Crippen molar-refractivity contribution in [1.29, 1.82) is 0 Å². The van der Waals surface area contributed by atoms with E-state index in [0.29, 0.717) is 5.56 Å². The standard InChI is InChI=1S/C14H21N3OS/c1-3-15-13-9-11(2)16-10-12(13)14(18)17-5-4-7-19-8-6-17/h9-10H,3-8H2,1-2H3,(H,15,16). The second-order valence-electron chi connectivity index (χ2n) is 4.66. The number of aromatic nitrogens is 1. The van der Waals surface area contributed by atoms with E-state index < -0.39 is 0 Å². The van der Waals surface area contributed by atoms with Crippen LogP contribution in [0.5, 0.6) is 0 Å². The van der Waals surface area contributed by atoms with E-state index in [2.05, 4.69) is 10.3 Å². The Kier molecular flexibility index (Phi) is 5.07. The van der Waals surface area contributed by atoms with Crippen molar-refractivity contribution in [2.75, 3.05) is 36.5 Å². The van der Waals surface area contributed by atoms with Gasteiger partial charge in [0.15, 0.2) is 0 Å². The highest BCUT2D eigenvalue weighted by molar-refractivity contribution is 7.99. The Morgan fingerprint density at radius 2 is 2.32 bits per heavy atom. The molecule has 0 spiro atoms. The van der Waals surface area contributed by atoms with Crippen LogP contribution in [0, 0.1) is 6.92 Å². The quantitative estimate of drug-likeness (QED) is 0.923. The van der Waals surface area contributed by atoms with Gasteiger partial charge < -0.3 is 10.2 Å². The van der Waals surface area contributed by atoms with E-state index >= 15 is 0 Å². The fourth-order valence-corrected chi connectivity index (χ4v) is 3.07. The lowest BCUT2D eigenvalue weighted by molar-refractivity contribution is 0.0769. The van der Waals surface area contributed by atoms with E-state index in [1.54, 1.807) is 6.20 Å². The molecule has 1 aromatic rings. The average Bonchev–Trinajstić information content (AvgIpc) is 2.67. The third kappa shape index (κ3) is 3.62. The molecule has 4 nitrogen and oxygen atoms in total. The molecule has 104 valence electrons. The molecule has 1 N–H and O–H groups in total. The first-order valence-electron chi connectivity index (χ1n) is 6.80. The topological polar surface area (TPSA) is 45.2 Å². The maximum atomic E-state index is 12.6.